The van der Waals surface area contributed by atoms with E-state index in [4.69, 9.17) is 34.8 Å². The Labute approximate surface area is 270 Å². The molecule has 4 aliphatic rings. The molecule has 2 saturated heterocycles. The summed E-state index contributed by atoms with van der Waals surface area (Å²) < 4.78 is 0. The van der Waals surface area contributed by atoms with Crippen LogP contribution in [0.2, 0.25) is 5.02 Å². The van der Waals surface area contributed by atoms with Gasteiger partial charge in [-0.1, -0.05) is 75.6 Å². The van der Waals surface area contributed by atoms with Crippen LogP contribution in [0.15, 0.2) is 66.2 Å². The Morgan fingerprint density at radius 3 is 2.44 bits per heavy atom. The van der Waals surface area contributed by atoms with E-state index in [1.807, 2.05) is 37.3 Å². The van der Waals surface area contributed by atoms with Crippen LogP contribution in [0.25, 0.3) is 10.8 Å². The predicted molar refractivity (Wildman–Crippen MR) is 168 cm³/mol. The van der Waals surface area contributed by atoms with Gasteiger partial charge < -0.3 is 5.11 Å². The number of rotatable bonds is 3. The smallest absolute Gasteiger partial charge is 0.254 e. The average Bonchev–Trinajstić information content (AvgIpc) is 3.32. The van der Waals surface area contributed by atoms with Crippen molar-refractivity contribution in [1.82, 2.24) is 4.90 Å². The maximum Gasteiger partial charge on any atom is 0.254 e. The van der Waals surface area contributed by atoms with Gasteiger partial charge in [0.25, 0.3) is 11.8 Å². The van der Waals surface area contributed by atoms with Crippen molar-refractivity contribution in [3.05, 3.63) is 82.4 Å². The first-order chi connectivity index (χ1) is 20.5. The summed E-state index contributed by atoms with van der Waals surface area (Å²) in [6.07, 6.45) is 1.93. The number of halogens is 4. The fourth-order valence-electron chi connectivity index (χ4n) is 7.63. The summed E-state index contributed by atoms with van der Waals surface area (Å²) in [5, 5.41) is 13.2. The van der Waals surface area contributed by atoms with Crippen LogP contribution >= 0.6 is 50.7 Å². The Hall–Kier alpha value is -2.91. The monoisotopic (exact) mass is 700 g/mol. The van der Waals surface area contributed by atoms with Crippen molar-refractivity contribution in [2.24, 2.45) is 17.8 Å². The highest BCUT2D eigenvalue weighted by Crippen LogP contribution is 2.66. The number of imide groups is 2. The lowest BCUT2D eigenvalue weighted by atomic mass is 9.56. The SMILES string of the molecule is Cc1ccc(N2C(=O)C3CC=C4C(CC5(Cl)C(=O)N(CBr)C(=O)C5(Cl)C4c4c(O)ccc5ccccc45)C3C2=O)cc1Cl. The molecule has 3 aromatic rings. The van der Waals surface area contributed by atoms with Gasteiger partial charge in [0.1, 0.15) is 5.75 Å². The summed E-state index contributed by atoms with van der Waals surface area (Å²) in [6.45, 7) is 1.83. The van der Waals surface area contributed by atoms with Crippen LogP contribution in [0, 0.1) is 24.7 Å². The van der Waals surface area contributed by atoms with Crippen molar-refractivity contribution in [2.75, 3.05) is 10.4 Å². The number of aryl methyl sites for hydroxylation is 1. The largest absolute Gasteiger partial charge is 0.508 e. The normalized spacial score (nSPS) is 31.8. The first-order valence-corrected chi connectivity index (χ1v) is 16.1. The molecule has 7 rings (SSSR count). The lowest BCUT2D eigenvalue weighted by Crippen LogP contribution is -2.60. The summed E-state index contributed by atoms with van der Waals surface area (Å²) in [7, 11) is 0. The minimum absolute atomic E-state index is 0.117. The fraction of sp³-hybridized carbons (Fsp3) is 0.312. The Bertz CT molecular complexity index is 1830. The molecule has 2 heterocycles. The fourth-order valence-corrected chi connectivity index (χ4v) is 9.22. The molecule has 3 fully saturated rings. The zero-order valence-electron chi connectivity index (χ0n) is 22.7. The number of hydrogen-bond donors (Lipinski definition) is 1. The van der Waals surface area contributed by atoms with Crippen LogP contribution < -0.4 is 4.90 Å². The molecule has 2 aliphatic carbocycles. The van der Waals surface area contributed by atoms with Crippen LogP contribution in [-0.4, -0.2) is 48.8 Å². The molecule has 6 unspecified atom stereocenters. The quantitative estimate of drug-likeness (QED) is 0.147. The van der Waals surface area contributed by atoms with Crippen molar-refractivity contribution in [3.63, 3.8) is 0 Å². The summed E-state index contributed by atoms with van der Waals surface area (Å²) in [5.41, 5.74) is 2.01. The van der Waals surface area contributed by atoms with E-state index in [2.05, 4.69) is 15.9 Å². The lowest BCUT2D eigenvalue weighted by Gasteiger charge is -2.51. The van der Waals surface area contributed by atoms with E-state index < -0.39 is 51.1 Å². The second kappa shape index (κ2) is 9.80. The zero-order valence-corrected chi connectivity index (χ0v) is 26.5. The zero-order chi connectivity index (χ0) is 30.6. The highest BCUT2D eigenvalue weighted by atomic mass is 79.9. The molecule has 0 spiro atoms. The predicted octanol–water partition coefficient (Wildman–Crippen LogP) is 6.42. The summed E-state index contributed by atoms with van der Waals surface area (Å²) in [6, 6.07) is 15.6. The maximum atomic E-state index is 14.2. The third kappa shape index (κ3) is 3.67. The van der Waals surface area contributed by atoms with E-state index >= 15 is 0 Å². The van der Waals surface area contributed by atoms with Crippen LogP contribution in [-0.2, 0) is 19.2 Å². The van der Waals surface area contributed by atoms with E-state index in [9.17, 15) is 24.3 Å². The average molecular weight is 703 g/mol. The molecule has 0 radical (unpaired) electrons. The number of fused-ring (bicyclic) bond motifs is 5. The van der Waals surface area contributed by atoms with Gasteiger partial charge in [-0.2, -0.15) is 0 Å². The van der Waals surface area contributed by atoms with Gasteiger partial charge in [-0.3, -0.25) is 24.1 Å². The second-order valence-electron chi connectivity index (χ2n) is 11.7. The van der Waals surface area contributed by atoms with Crippen LogP contribution in [0.5, 0.6) is 5.75 Å². The van der Waals surface area contributed by atoms with E-state index in [1.165, 1.54) is 6.07 Å². The van der Waals surface area contributed by atoms with Gasteiger partial charge in [-0.05, 0) is 60.2 Å². The molecule has 4 amide bonds. The first kappa shape index (κ1) is 28.8. The molecule has 7 nitrogen and oxygen atoms in total. The van der Waals surface area contributed by atoms with Crippen molar-refractivity contribution in [1.29, 1.82) is 0 Å². The summed E-state index contributed by atoms with van der Waals surface area (Å²) in [5.74, 6) is -5.61. The molecule has 1 saturated carbocycles. The molecule has 43 heavy (non-hydrogen) atoms. The van der Waals surface area contributed by atoms with Crippen molar-refractivity contribution < 1.29 is 24.3 Å². The number of phenolic OH excluding ortho intramolecular Hbond substituents is 1. The Balaban J connectivity index is 1.45. The number of benzene rings is 3. The molecule has 1 N–H and O–H groups in total. The Morgan fingerprint density at radius 1 is 0.977 bits per heavy atom. The van der Waals surface area contributed by atoms with Crippen LogP contribution in [0.3, 0.4) is 0 Å². The minimum atomic E-state index is -2.01. The maximum absolute atomic E-state index is 14.2. The van der Waals surface area contributed by atoms with Crippen LogP contribution in [0.4, 0.5) is 5.69 Å². The summed E-state index contributed by atoms with van der Waals surface area (Å²) in [4.78, 5) is 54.1. The molecule has 220 valence electrons. The van der Waals surface area contributed by atoms with Crippen LogP contribution in [0.1, 0.15) is 29.9 Å². The third-order valence-electron chi connectivity index (χ3n) is 9.66. The van der Waals surface area contributed by atoms with Gasteiger partial charge in [-0.15, -0.1) is 23.2 Å². The number of likely N-dealkylation sites (tertiary alicyclic amines) is 1. The molecule has 2 aliphatic heterocycles. The van der Waals surface area contributed by atoms with Crippen molar-refractivity contribution in [3.8, 4) is 5.75 Å². The number of phenols is 1. The van der Waals surface area contributed by atoms with Crippen molar-refractivity contribution in [2.45, 2.75) is 35.4 Å². The Kier molecular flexibility index (Phi) is 6.57. The number of anilines is 1. The minimum Gasteiger partial charge on any atom is -0.508 e. The first-order valence-electron chi connectivity index (χ1n) is 13.8. The number of carbonyl (C=O) groups excluding carboxylic acids is 4. The molecular formula is C32H24BrCl3N2O5. The molecular weight excluding hydrogens is 679 g/mol. The number of aromatic hydroxyl groups is 1. The molecule has 11 heteroatoms. The number of allylic oxidation sites excluding steroid dienone is 2. The molecule has 3 aromatic carbocycles. The van der Waals surface area contributed by atoms with E-state index in [-0.39, 0.29) is 30.0 Å². The molecule has 6 atom stereocenters. The number of carbonyl (C=O) groups is 4. The third-order valence-corrected chi connectivity index (χ3v) is 12.0. The van der Waals surface area contributed by atoms with Gasteiger partial charge in [0.2, 0.25) is 11.8 Å². The number of hydrogen-bond acceptors (Lipinski definition) is 5. The standard InChI is InChI=1S/C32H24BrCl3N2O5/c1-15-6-8-17(12-22(15)34)38-27(40)20-10-9-19-21(24(20)28(38)41)13-31(35)29(42)37(14-33)30(43)32(31,36)26(19)25-18-5-3-2-4-16(18)7-11-23(25)39/h2-9,11-12,20-21,24,26,39H,10,13-14H2,1H3. The van der Waals surface area contributed by atoms with E-state index in [0.29, 0.717) is 27.2 Å². The highest BCUT2D eigenvalue weighted by Gasteiger charge is 2.76. The molecule has 0 bridgehead atoms. The van der Waals surface area contributed by atoms with E-state index in [0.717, 1.165) is 20.7 Å². The second-order valence-corrected chi connectivity index (χ2v) is 13.8. The number of nitrogens with zero attached hydrogens (tertiary/aromatic N) is 2. The van der Waals surface area contributed by atoms with Crippen molar-refractivity contribution >= 4 is 90.8 Å². The van der Waals surface area contributed by atoms with Gasteiger partial charge in [0.05, 0.1) is 23.0 Å². The van der Waals surface area contributed by atoms with Gasteiger partial charge in [0, 0.05) is 16.5 Å². The lowest BCUT2D eigenvalue weighted by molar-refractivity contribution is -0.138. The number of alkyl halides is 3. The highest BCUT2D eigenvalue weighted by molar-refractivity contribution is 9.09. The van der Waals surface area contributed by atoms with Gasteiger partial charge in [0.15, 0.2) is 9.75 Å². The van der Waals surface area contributed by atoms with E-state index in [1.54, 1.807) is 24.3 Å². The van der Waals surface area contributed by atoms with Gasteiger partial charge >= 0.3 is 0 Å². The molecule has 0 aromatic heterocycles. The Morgan fingerprint density at radius 2 is 1.72 bits per heavy atom. The topological polar surface area (TPSA) is 95.0 Å². The van der Waals surface area contributed by atoms with Gasteiger partial charge in [-0.25, -0.2) is 4.90 Å². The summed E-state index contributed by atoms with van der Waals surface area (Å²) >= 11 is 24.3. The number of amides is 4.